The number of aliphatic hydroxyl groups excluding tert-OH is 1. The molecule has 0 bridgehead atoms. The first kappa shape index (κ1) is 38.3. The minimum absolute atomic E-state index is 0.0779. The smallest absolute Gasteiger partial charge is 0.435 e. The second-order valence-electron chi connectivity index (χ2n) is 16.6. The van der Waals surface area contributed by atoms with Crippen molar-refractivity contribution in [3.05, 3.63) is 24.5 Å². The molecule has 2 saturated carbocycles. The first-order valence-electron chi connectivity index (χ1n) is 16.0. The Kier molecular flexibility index (Phi) is 11.5. The van der Waals surface area contributed by atoms with Gasteiger partial charge in [0.25, 0.3) is 0 Å². The minimum Gasteiger partial charge on any atom is -0.477 e. The van der Waals surface area contributed by atoms with E-state index in [1.165, 1.54) is 21.9 Å². The molecule has 2 fully saturated rings. The highest BCUT2D eigenvalue weighted by Crippen LogP contribution is 2.70. The summed E-state index contributed by atoms with van der Waals surface area (Å²) in [6, 6.07) is 1.69. The van der Waals surface area contributed by atoms with E-state index in [-0.39, 0.29) is 12.3 Å². The number of nitrogens with zero attached hydrogens (tertiary/aromatic N) is 3. The van der Waals surface area contributed by atoms with Crippen molar-refractivity contribution < 1.29 is 33.7 Å². The third-order valence-corrected chi connectivity index (χ3v) is 10.3. The summed E-state index contributed by atoms with van der Waals surface area (Å²) in [5.74, 6) is 1.77. The summed E-state index contributed by atoms with van der Waals surface area (Å²) < 4.78 is 17.1. The molecule has 1 amide bonds. The van der Waals surface area contributed by atoms with Crippen LogP contribution in [0.15, 0.2) is 24.5 Å². The van der Waals surface area contributed by atoms with Gasteiger partial charge in [0, 0.05) is 25.1 Å². The maximum atomic E-state index is 11.9. The molecule has 0 unspecified atom stereocenters. The summed E-state index contributed by atoms with van der Waals surface area (Å²) in [4.78, 5) is 35.2. The van der Waals surface area contributed by atoms with Crippen LogP contribution in [-0.2, 0) is 14.3 Å². The zero-order valence-corrected chi connectivity index (χ0v) is 30.2. The lowest BCUT2D eigenvalue weighted by atomic mass is 10.0. The lowest BCUT2D eigenvalue weighted by Crippen LogP contribution is -2.33. The molecule has 3 aliphatic rings. The molecule has 1 aliphatic heterocycles. The van der Waals surface area contributed by atoms with E-state index in [2.05, 4.69) is 60.5 Å². The summed E-state index contributed by atoms with van der Waals surface area (Å²) in [6.45, 7) is 30.2. The van der Waals surface area contributed by atoms with Gasteiger partial charge >= 0.3 is 12.2 Å². The fraction of sp³-hybridized carbons (Fsp3) is 0.771. The molecule has 2 heterocycles. The lowest BCUT2D eigenvalue weighted by molar-refractivity contribution is -0.114. The Bertz CT molecular complexity index is 1200. The molecule has 1 aromatic rings. The molecule has 0 aromatic carbocycles. The molecule has 1 aromatic heterocycles. The fourth-order valence-corrected chi connectivity index (χ4v) is 6.21. The molecule has 10 heteroatoms. The molecular formula is C35H59N3O7. The number of carbonyl (C=O) groups is 3. The van der Waals surface area contributed by atoms with Crippen LogP contribution in [0.4, 0.5) is 9.59 Å². The average molecular weight is 634 g/mol. The second-order valence-corrected chi connectivity index (χ2v) is 16.6. The fourth-order valence-electron chi connectivity index (χ4n) is 6.21. The summed E-state index contributed by atoms with van der Waals surface area (Å²) in [5, 5.41) is 12.8. The Labute approximate surface area is 270 Å². The van der Waals surface area contributed by atoms with E-state index in [4.69, 9.17) is 19.3 Å². The predicted octanol–water partition coefficient (Wildman–Crippen LogP) is 7.49. The van der Waals surface area contributed by atoms with Gasteiger partial charge < -0.3 is 19.3 Å². The van der Waals surface area contributed by atoms with Crippen molar-refractivity contribution in [1.82, 2.24) is 14.7 Å². The zero-order valence-electron chi connectivity index (χ0n) is 30.2. The topological polar surface area (TPSA) is 120 Å². The van der Waals surface area contributed by atoms with E-state index < -0.39 is 23.4 Å². The SMILES string of the molecule is CC(C)(C)OC(=O)N1C=CC(=O)C1.CC(C)(C)OC(=O)n1ccc(OCCC2C(C)(C)C2(C)C)n1.CC1(C)C(CCO)C1(C)C. The molecule has 4 rings (SSSR count). The zero-order chi connectivity index (χ0) is 34.8. The molecule has 2 aliphatic carbocycles. The van der Waals surface area contributed by atoms with Gasteiger partial charge in [0.15, 0.2) is 5.78 Å². The van der Waals surface area contributed by atoms with E-state index in [9.17, 15) is 14.4 Å². The molecule has 256 valence electrons. The summed E-state index contributed by atoms with van der Waals surface area (Å²) in [6.07, 6.45) is 5.37. The molecule has 45 heavy (non-hydrogen) atoms. The maximum absolute atomic E-state index is 11.9. The highest BCUT2D eigenvalue weighted by Gasteiger charge is 2.64. The predicted molar refractivity (Wildman–Crippen MR) is 175 cm³/mol. The van der Waals surface area contributed by atoms with Crippen molar-refractivity contribution in [1.29, 1.82) is 0 Å². The quantitative estimate of drug-likeness (QED) is 0.342. The van der Waals surface area contributed by atoms with Gasteiger partial charge in [-0.15, -0.1) is 5.10 Å². The number of aromatic nitrogens is 2. The highest BCUT2D eigenvalue weighted by atomic mass is 16.6. The number of hydrogen-bond donors (Lipinski definition) is 1. The first-order chi connectivity index (χ1) is 20.3. The van der Waals surface area contributed by atoms with Crippen molar-refractivity contribution >= 4 is 18.0 Å². The second kappa shape index (κ2) is 13.5. The number of amides is 1. The Morgan fingerprint density at radius 1 is 0.844 bits per heavy atom. The average Bonchev–Trinajstić information content (AvgIpc) is 3.31. The lowest BCUT2D eigenvalue weighted by Gasteiger charge is -2.22. The number of carbonyl (C=O) groups excluding carboxylic acids is 3. The van der Waals surface area contributed by atoms with Crippen molar-refractivity contribution in [2.24, 2.45) is 33.5 Å². The molecule has 0 saturated heterocycles. The third-order valence-electron chi connectivity index (χ3n) is 10.3. The summed E-state index contributed by atoms with van der Waals surface area (Å²) in [7, 11) is 0. The van der Waals surface area contributed by atoms with E-state index in [0.717, 1.165) is 18.8 Å². The highest BCUT2D eigenvalue weighted by molar-refractivity contribution is 5.96. The van der Waals surface area contributed by atoms with Crippen LogP contribution in [0, 0.1) is 33.5 Å². The van der Waals surface area contributed by atoms with Gasteiger partial charge in [-0.05, 0) is 94.0 Å². The monoisotopic (exact) mass is 633 g/mol. The van der Waals surface area contributed by atoms with Crippen LogP contribution in [0.1, 0.15) is 110 Å². The van der Waals surface area contributed by atoms with E-state index in [0.29, 0.717) is 46.7 Å². The van der Waals surface area contributed by atoms with Crippen LogP contribution in [0.2, 0.25) is 0 Å². The molecular weight excluding hydrogens is 574 g/mol. The van der Waals surface area contributed by atoms with Crippen molar-refractivity contribution in [2.45, 2.75) is 121 Å². The van der Waals surface area contributed by atoms with E-state index >= 15 is 0 Å². The van der Waals surface area contributed by atoms with Crippen LogP contribution >= 0.6 is 0 Å². The molecule has 0 atom stereocenters. The van der Waals surface area contributed by atoms with Gasteiger partial charge in [-0.1, -0.05) is 55.4 Å². The molecule has 1 N–H and O–H groups in total. The maximum Gasteiger partial charge on any atom is 0.435 e. The standard InChI is InChI=1S/C17H28N2O3.C9H13NO3.C9H18O/c1-15(2,3)22-14(20)19-10-8-13(18-19)21-11-9-12-16(4,5)17(12,6)7;1-9(2,3)13-8(12)10-5-4-7(11)6-10;1-8(2)7(5-6-10)9(8,3)4/h8,10,12H,9,11H2,1-7H3;4-5H,6H2,1-3H3;7,10H,5-6H2,1-4H3. The molecule has 10 nitrogen and oxygen atoms in total. The van der Waals surface area contributed by atoms with Crippen LogP contribution in [0.3, 0.4) is 0 Å². The number of hydrogen-bond acceptors (Lipinski definition) is 8. The third kappa shape index (κ3) is 9.80. The van der Waals surface area contributed by atoms with E-state index in [1.807, 2.05) is 20.8 Å². The van der Waals surface area contributed by atoms with E-state index in [1.54, 1.807) is 33.0 Å². The van der Waals surface area contributed by atoms with Crippen molar-refractivity contribution in [3.8, 4) is 5.88 Å². The summed E-state index contributed by atoms with van der Waals surface area (Å²) in [5.41, 5.74) is 0.591. The van der Waals surface area contributed by atoms with Crippen LogP contribution in [-0.4, -0.2) is 68.7 Å². The molecule has 0 spiro atoms. The normalized spacial score (nSPS) is 20.8. The van der Waals surface area contributed by atoms with Crippen LogP contribution < -0.4 is 4.74 Å². The van der Waals surface area contributed by atoms with Gasteiger partial charge in [-0.2, -0.15) is 4.68 Å². The molecule has 0 radical (unpaired) electrons. The first-order valence-corrected chi connectivity index (χ1v) is 16.0. The summed E-state index contributed by atoms with van der Waals surface area (Å²) >= 11 is 0. The van der Waals surface area contributed by atoms with Gasteiger partial charge in [-0.25, -0.2) is 9.59 Å². The van der Waals surface area contributed by atoms with Gasteiger partial charge in [0.2, 0.25) is 5.88 Å². The van der Waals surface area contributed by atoms with Gasteiger partial charge in [0.1, 0.15) is 11.2 Å². The van der Waals surface area contributed by atoms with Crippen molar-refractivity contribution in [2.75, 3.05) is 19.8 Å². The van der Waals surface area contributed by atoms with Gasteiger partial charge in [0.05, 0.1) is 13.2 Å². The van der Waals surface area contributed by atoms with Crippen molar-refractivity contribution in [3.63, 3.8) is 0 Å². The minimum atomic E-state index is -0.535. The number of rotatable bonds is 6. The van der Waals surface area contributed by atoms with Crippen LogP contribution in [0.25, 0.3) is 0 Å². The number of aliphatic hydroxyl groups is 1. The Morgan fingerprint density at radius 2 is 1.31 bits per heavy atom. The van der Waals surface area contributed by atoms with Crippen LogP contribution in [0.5, 0.6) is 5.88 Å². The number of ketones is 1. The Morgan fingerprint density at radius 3 is 1.69 bits per heavy atom. The Balaban J connectivity index is 0.000000259. The largest absolute Gasteiger partial charge is 0.477 e. The Hall–Kier alpha value is -2.88. The van der Waals surface area contributed by atoms with Gasteiger partial charge in [-0.3, -0.25) is 9.69 Å². The number of ether oxygens (including phenoxy) is 3.